The minimum absolute atomic E-state index is 1.11. The van der Waals surface area contributed by atoms with Crippen LogP contribution in [0.15, 0.2) is 105 Å². The van der Waals surface area contributed by atoms with Crippen molar-refractivity contribution in [2.75, 3.05) is 0 Å². The lowest BCUT2D eigenvalue weighted by Crippen LogP contribution is -1.76. The predicted molar refractivity (Wildman–Crippen MR) is 134 cm³/mol. The fourth-order valence-electron chi connectivity index (χ4n) is 2.52. The van der Waals surface area contributed by atoms with Gasteiger partial charge in [-0.05, 0) is 41.2 Å². The van der Waals surface area contributed by atoms with Crippen molar-refractivity contribution in [3.63, 3.8) is 0 Å². The highest BCUT2D eigenvalue weighted by Gasteiger charge is 1.89. The van der Waals surface area contributed by atoms with Crippen LogP contribution < -0.4 is 0 Å². The molecule has 0 atom stereocenters. The second-order valence-electron chi connectivity index (χ2n) is 6.32. The molecule has 0 nitrogen and oxygen atoms in total. The van der Waals surface area contributed by atoms with Crippen molar-refractivity contribution in [3.8, 4) is 0 Å². The topological polar surface area (TPSA) is 0 Å². The lowest BCUT2D eigenvalue weighted by Gasteiger charge is -1.96. The molecule has 148 valence electrons. The van der Waals surface area contributed by atoms with E-state index < -0.39 is 0 Å². The number of aryl methyl sites for hydroxylation is 1. The average Bonchev–Trinajstić information content (AvgIpc) is 2.79. The van der Waals surface area contributed by atoms with E-state index in [9.17, 15) is 0 Å². The van der Waals surface area contributed by atoms with Gasteiger partial charge in [-0.25, -0.2) is 0 Å². The van der Waals surface area contributed by atoms with Crippen LogP contribution in [0.25, 0.3) is 24.3 Å². The van der Waals surface area contributed by atoms with Crippen LogP contribution in [-0.4, -0.2) is 0 Å². The molecule has 0 radical (unpaired) electrons. The highest BCUT2D eigenvalue weighted by atomic mass is 13.9. The minimum Gasteiger partial charge on any atom is -0.0985 e. The number of rotatable bonds is 5. The molecule has 0 aliphatic rings. The summed E-state index contributed by atoms with van der Waals surface area (Å²) in [6.45, 7) is 15.3. The molecule has 0 spiro atoms. The molecular formula is C29H32. The van der Waals surface area contributed by atoms with E-state index in [2.05, 4.69) is 82.1 Å². The van der Waals surface area contributed by atoms with E-state index in [0.717, 1.165) is 17.5 Å². The van der Waals surface area contributed by atoms with Gasteiger partial charge in [0.05, 0.1) is 0 Å². The molecule has 0 aliphatic carbocycles. The zero-order valence-electron chi connectivity index (χ0n) is 17.7. The molecular weight excluding hydrogens is 348 g/mol. The first-order chi connectivity index (χ1) is 14.2. The second kappa shape index (κ2) is 14.6. The Morgan fingerprint density at radius 3 is 1.48 bits per heavy atom. The Morgan fingerprint density at radius 1 is 0.621 bits per heavy atom. The van der Waals surface area contributed by atoms with Crippen molar-refractivity contribution in [2.24, 2.45) is 0 Å². The van der Waals surface area contributed by atoms with Gasteiger partial charge >= 0.3 is 0 Å². The van der Waals surface area contributed by atoms with Gasteiger partial charge in [0.1, 0.15) is 0 Å². The molecule has 0 saturated carbocycles. The normalized spacial score (nSPS) is 9.45. The van der Waals surface area contributed by atoms with Crippen LogP contribution in [0.2, 0.25) is 0 Å². The maximum absolute atomic E-state index is 3.69. The molecule has 0 aliphatic heterocycles. The first-order valence-corrected chi connectivity index (χ1v) is 9.89. The third kappa shape index (κ3) is 9.39. The smallest absolute Gasteiger partial charge is 0.0190 e. The van der Waals surface area contributed by atoms with Crippen molar-refractivity contribution in [2.45, 2.75) is 20.3 Å². The summed E-state index contributed by atoms with van der Waals surface area (Å²) < 4.78 is 0. The maximum Gasteiger partial charge on any atom is -0.0190 e. The van der Waals surface area contributed by atoms with Crippen LogP contribution in [0, 0.1) is 6.92 Å². The van der Waals surface area contributed by atoms with E-state index in [-0.39, 0.29) is 0 Å². The van der Waals surface area contributed by atoms with Gasteiger partial charge in [-0.3, -0.25) is 0 Å². The lowest BCUT2D eigenvalue weighted by molar-refractivity contribution is 1.23. The fourth-order valence-corrected chi connectivity index (χ4v) is 2.52. The van der Waals surface area contributed by atoms with Gasteiger partial charge in [-0.15, -0.1) is 0 Å². The molecule has 29 heavy (non-hydrogen) atoms. The van der Waals surface area contributed by atoms with Crippen molar-refractivity contribution in [3.05, 3.63) is 132 Å². The van der Waals surface area contributed by atoms with E-state index in [0.29, 0.717) is 0 Å². The molecule has 0 heteroatoms. The highest BCUT2D eigenvalue weighted by Crippen LogP contribution is 2.10. The summed E-state index contributed by atoms with van der Waals surface area (Å²) in [6, 6.07) is 26.5. The standard InChI is InChI=1S/C10H10.C10H12.C9H10/c1-3-9-7-5-6-8-10(9)4-2;1-2-3-7-10-8-5-4-6-9-10;1-3-9-7-5-4-6-8(9)2/h3-8H,1-2H2;3-9H,2H2,1H3;3-7H,1H2,2H3. The van der Waals surface area contributed by atoms with Crippen molar-refractivity contribution < 1.29 is 0 Å². The molecule has 0 aromatic heterocycles. The van der Waals surface area contributed by atoms with E-state index in [4.69, 9.17) is 0 Å². The van der Waals surface area contributed by atoms with E-state index in [1.54, 1.807) is 0 Å². The van der Waals surface area contributed by atoms with Crippen LogP contribution >= 0.6 is 0 Å². The Morgan fingerprint density at radius 2 is 1.07 bits per heavy atom. The average molecular weight is 381 g/mol. The van der Waals surface area contributed by atoms with E-state index >= 15 is 0 Å². The van der Waals surface area contributed by atoms with Crippen molar-refractivity contribution in [1.29, 1.82) is 0 Å². The number of allylic oxidation sites excluding steroid dienone is 1. The maximum atomic E-state index is 3.69. The molecule has 0 saturated heterocycles. The van der Waals surface area contributed by atoms with Crippen LogP contribution in [-0.2, 0) is 0 Å². The number of hydrogen-bond acceptors (Lipinski definition) is 0. The summed E-state index contributed by atoms with van der Waals surface area (Å²) in [5.74, 6) is 0. The van der Waals surface area contributed by atoms with Gasteiger partial charge in [0.2, 0.25) is 0 Å². The third-order valence-electron chi connectivity index (χ3n) is 4.19. The molecule has 0 amide bonds. The summed E-state index contributed by atoms with van der Waals surface area (Å²) in [4.78, 5) is 0. The molecule has 3 aromatic carbocycles. The summed E-state index contributed by atoms with van der Waals surface area (Å²) in [6.07, 6.45) is 10.9. The quantitative estimate of drug-likeness (QED) is 0.415. The zero-order valence-corrected chi connectivity index (χ0v) is 17.7. The van der Waals surface area contributed by atoms with Gasteiger partial charge in [0.25, 0.3) is 0 Å². The largest absolute Gasteiger partial charge is 0.0985 e. The Kier molecular flexibility index (Phi) is 12.0. The van der Waals surface area contributed by atoms with Crippen LogP contribution in [0.3, 0.4) is 0 Å². The summed E-state index contributed by atoms with van der Waals surface area (Å²) in [5.41, 5.74) is 6.06. The van der Waals surface area contributed by atoms with Crippen LogP contribution in [0.1, 0.15) is 41.2 Å². The van der Waals surface area contributed by atoms with Gasteiger partial charge in [-0.2, -0.15) is 0 Å². The lowest BCUT2D eigenvalue weighted by atomic mass is 10.1. The van der Waals surface area contributed by atoms with E-state index in [1.807, 2.05) is 60.7 Å². The monoisotopic (exact) mass is 380 g/mol. The predicted octanol–water partition coefficient (Wildman–Crippen LogP) is 8.72. The van der Waals surface area contributed by atoms with Gasteiger partial charge in [0.15, 0.2) is 0 Å². The number of hydrogen-bond donors (Lipinski definition) is 0. The molecule has 0 unspecified atom stereocenters. The summed E-state index contributed by atoms with van der Waals surface area (Å²) >= 11 is 0. The summed E-state index contributed by atoms with van der Waals surface area (Å²) in [7, 11) is 0. The molecule has 0 fully saturated rings. The summed E-state index contributed by atoms with van der Waals surface area (Å²) in [5, 5.41) is 0. The zero-order chi connectivity index (χ0) is 21.3. The van der Waals surface area contributed by atoms with Gasteiger partial charge in [0, 0.05) is 0 Å². The Hall–Kier alpha value is -3.38. The first kappa shape index (κ1) is 23.7. The molecule has 3 rings (SSSR count). The van der Waals surface area contributed by atoms with Crippen molar-refractivity contribution >= 4 is 24.3 Å². The minimum atomic E-state index is 1.11. The third-order valence-corrected chi connectivity index (χ3v) is 4.19. The fraction of sp³-hybridized carbons (Fsp3) is 0.103. The molecule has 0 bridgehead atoms. The van der Waals surface area contributed by atoms with Gasteiger partial charge in [-0.1, -0.05) is 136 Å². The number of benzene rings is 3. The van der Waals surface area contributed by atoms with Crippen LogP contribution in [0.4, 0.5) is 0 Å². The Balaban J connectivity index is 0.000000218. The van der Waals surface area contributed by atoms with Crippen LogP contribution in [0.5, 0.6) is 0 Å². The van der Waals surface area contributed by atoms with E-state index in [1.165, 1.54) is 16.7 Å². The Labute approximate surface area is 177 Å². The SMILES string of the molecule is C=Cc1ccccc1C.C=Cc1ccccc1C=C.CCC=Cc1ccccc1. The highest BCUT2D eigenvalue weighted by molar-refractivity contribution is 5.63. The first-order valence-electron chi connectivity index (χ1n) is 9.89. The Bertz CT molecular complexity index is 871. The second-order valence-corrected chi connectivity index (χ2v) is 6.32. The molecule has 3 aromatic rings. The van der Waals surface area contributed by atoms with Crippen molar-refractivity contribution in [1.82, 2.24) is 0 Å². The molecule has 0 N–H and O–H groups in total. The van der Waals surface area contributed by atoms with Gasteiger partial charge < -0.3 is 0 Å². The molecule has 0 heterocycles.